The standard InChI is InChI=1S/C13H27NO5/c1-11(13(2,3)4)19-12(17)18-10-7-14(5-8-15)6-9-16/h11,15-16H,5-10H2,1-4H3/t11-/m1/s1. The topological polar surface area (TPSA) is 79.2 Å². The van der Waals surface area contributed by atoms with Gasteiger partial charge in [-0.25, -0.2) is 4.79 Å². The molecular formula is C13H27NO5. The van der Waals surface area contributed by atoms with Gasteiger partial charge < -0.3 is 19.7 Å². The van der Waals surface area contributed by atoms with Crippen LogP contribution < -0.4 is 0 Å². The summed E-state index contributed by atoms with van der Waals surface area (Å²) >= 11 is 0. The minimum atomic E-state index is -0.685. The van der Waals surface area contributed by atoms with Gasteiger partial charge in [-0.15, -0.1) is 0 Å². The Kier molecular flexibility index (Phi) is 8.71. The number of hydrogen-bond acceptors (Lipinski definition) is 6. The predicted octanol–water partition coefficient (Wildman–Crippen LogP) is 0.861. The van der Waals surface area contributed by atoms with Gasteiger partial charge in [0.15, 0.2) is 0 Å². The molecule has 0 aromatic carbocycles. The van der Waals surface area contributed by atoms with E-state index in [1.807, 2.05) is 27.7 Å². The van der Waals surface area contributed by atoms with Crippen molar-refractivity contribution in [1.82, 2.24) is 4.90 Å². The zero-order valence-corrected chi connectivity index (χ0v) is 12.4. The summed E-state index contributed by atoms with van der Waals surface area (Å²) in [5.41, 5.74) is -0.126. The fourth-order valence-electron chi connectivity index (χ4n) is 1.23. The first-order valence-corrected chi connectivity index (χ1v) is 6.58. The van der Waals surface area contributed by atoms with E-state index in [1.165, 1.54) is 0 Å². The molecule has 0 radical (unpaired) electrons. The fourth-order valence-corrected chi connectivity index (χ4v) is 1.23. The van der Waals surface area contributed by atoms with Crippen LogP contribution in [0.5, 0.6) is 0 Å². The largest absolute Gasteiger partial charge is 0.508 e. The summed E-state index contributed by atoms with van der Waals surface area (Å²) in [6, 6.07) is 0. The van der Waals surface area contributed by atoms with Crippen LogP contribution in [0.1, 0.15) is 27.7 Å². The van der Waals surface area contributed by atoms with Crippen LogP contribution in [0.25, 0.3) is 0 Å². The summed E-state index contributed by atoms with van der Waals surface area (Å²) in [7, 11) is 0. The molecule has 0 saturated carbocycles. The number of aliphatic hydroxyl groups excluding tert-OH is 2. The third-order valence-electron chi connectivity index (χ3n) is 2.95. The van der Waals surface area contributed by atoms with Gasteiger partial charge in [0.05, 0.1) is 13.2 Å². The molecule has 0 rings (SSSR count). The zero-order valence-electron chi connectivity index (χ0n) is 12.4. The molecule has 0 saturated heterocycles. The molecule has 0 aromatic rings. The Balaban J connectivity index is 3.89. The van der Waals surface area contributed by atoms with Crippen LogP contribution >= 0.6 is 0 Å². The SMILES string of the molecule is C[C@@H](OC(=O)OCCN(CCO)CCO)C(C)(C)C. The highest BCUT2D eigenvalue weighted by Crippen LogP contribution is 2.21. The maximum Gasteiger partial charge on any atom is 0.508 e. The Morgan fingerprint density at radius 2 is 1.68 bits per heavy atom. The van der Waals surface area contributed by atoms with E-state index in [0.717, 1.165) is 0 Å². The molecule has 19 heavy (non-hydrogen) atoms. The summed E-state index contributed by atoms with van der Waals surface area (Å²) < 4.78 is 10.1. The van der Waals surface area contributed by atoms with Gasteiger partial charge in [0.2, 0.25) is 0 Å². The summed E-state index contributed by atoms with van der Waals surface area (Å²) in [4.78, 5) is 13.2. The van der Waals surface area contributed by atoms with Crippen LogP contribution in [0.2, 0.25) is 0 Å². The second-order valence-corrected chi connectivity index (χ2v) is 5.51. The number of carbonyl (C=O) groups excluding carboxylic acids is 1. The van der Waals surface area contributed by atoms with Gasteiger partial charge >= 0.3 is 6.16 Å². The van der Waals surface area contributed by atoms with Crippen molar-refractivity contribution < 1.29 is 24.5 Å². The summed E-state index contributed by atoms with van der Waals surface area (Å²) in [5.74, 6) is 0. The second-order valence-electron chi connectivity index (χ2n) is 5.51. The van der Waals surface area contributed by atoms with Crippen LogP contribution in [0.3, 0.4) is 0 Å². The zero-order chi connectivity index (χ0) is 14.9. The lowest BCUT2D eigenvalue weighted by atomic mass is 9.90. The van der Waals surface area contributed by atoms with E-state index in [4.69, 9.17) is 19.7 Å². The number of carbonyl (C=O) groups is 1. The Morgan fingerprint density at radius 1 is 1.16 bits per heavy atom. The fraction of sp³-hybridized carbons (Fsp3) is 0.923. The minimum Gasteiger partial charge on any atom is -0.433 e. The van der Waals surface area contributed by atoms with Crippen LogP contribution in [0.15, 0.2) is 0 Å². The minimum absolute atomic E-state index is 0.00546. The lowest BCUT2D eigenvalue weighted by Crippen LogP contribution is -2.34. The molecule has 114 valence electrons. The van der Waals surface area contributed by atoms with Crippen molar-refractivity contribution in [2.24, 2.45) is 5.41 Å². The first kappa shape index (κ1) is 18.1. The Hall–Kier alpha value is -0.850. The molecule has 0 fully saturated rings. The first-order chi connectivity index (χ1) is 8.81. The highest BCUT2D eigenvalue weighted by molar-refractivity contribution is 5.60. The molecule has 6 nitrogen and oxygen atoms in total. The van der Waals surface area contributed by atoms with Gasteiger partial charge in [0.25, 0.3) is 0 Å². The number of rotatable bonds is 8. The molecular weight excluding hydrogens is 250 g/mol. The molecule has 2 N–H and O–H groups in total. The van der Waals surface area contributed by atoms with E-state index in [1.54, 1.807) is 4.90 Å². The van der Waals surface area contributed by atoms with Crippen LogP contribution in [0.4, 0.5) is 4.79 Å². The lowest BCUT2D eigenvalue weighted by molar-refractivity contribution is -0.0120. The molecule has 0 bridgehead atoms. The van der Waals surface area contributed by atoms with Gasteiger partial charge in [-0.1, -0.05) is 20.8 Å². The third-order valence-corrected chi connectivity index (χ3v) is 2.95. The number of nitrogens with zero attached hydrogens (tertiary/aromatic N) is 1. The third kappa shape index (κ3) is 8.80. The second kappa shape index (κ2) is 9.12. The molecule has 0 aromatic heterocycles. The van der Waals surface area contributed by atoms with E-state index >= 15 is 0 Å². The van der Waals surface area contributed by atoms with Crippen molar-refractivity contribution in [2.45, 2.75) is 33.8 Å². The Bertz CT molecular complexity index is 246. The Morgan fingerprint density at radius 3 is 2.11 bits per heavy atom. The number of aliphatic hydroxyl groups is 2. The van der Waals surface area contributed by atoms with Gasteiger partial charge in [-0.2, -0.15) is 0 Å². The molecule has 1 atom stereocenters. The smallest absolute Gasteiger partial charge is 0.433 e. The average Bonchev–Trinajstić information content (AvgIpc) is 2.28. The van der Waals surface area contributed by atoms with Crippen molar-refractivity contribution in [1.29, 1.82) is 0 Å². The summed E-state index contributed by atoms with van der Waals surface area (Å²) in [5, 5.41) is 17.6. The van der Waals surface area contributed by atoms with Crippen molar-refractivity contribution in [3.8, 4) is 0 Å². The predicted molar refractivity (Wildman–Crippen MR) is 72.0 cm³/mol. The normalized spacial score (nSPS) is 13.4. The highest BCUT2D eigenvalue weighted by atomic mass is 16.7. The molecule has 0 heterocycles. The van der Waals surface area contributed by atoms with E-state index in [9.17, 15) is 4.79 Å². The van der Waals surface area contributed by atoms with Crippen LogP contribution in [0, 0.1) is 5.41 Å². The Labute approximate surface area is 115 Å². The molecule has 0 aliphatic heterocycles. The average molecular weight is 277 g/mol. The summed E-state index contributed by atoms with van der Waals surface area (Å²) in [6.07, 6.45) is -0.915. The monoisotopic (exact) mass is 277 g/mol. The molecule has 0 aliphatic rings. The van der Waals surface area contributed by atoms with E-state index < -0.39 is 6.16 Å². The number of hydrogen-bond donors (Lipinski definition) is 2. The van der Waals surface area contributed by atoms with Gasteiger partial charge in [-0.05, 0) is 12.3 Å². The van der Waals surface area contributed by atoms with Crippen molar-refractivity contribution in [3.05, 3.63) is 0 Å². The van der Waals surface area contributed by atoms with E-state index in [2.05, 4.69) is 0 Å². The molecule has 0 aliphatic carbocycles. The van der Waals surface area contributed by atoms with E-state index in [-0.39, 0.29) is 31.3 Å². The molecule has 6 heteroatoms. The van der Waals surface area contributed by atoms with Gasteiger partial charge in [0, 0.05) is 19.6 Å². The first-order valence-electron chi connectivity index (χ1n) is 6.58. The van der Waals surface area contributed by atoms with Crippen molar-refractivity contribution >= 4 is 6.16 Å². The summed E-state index contributed by atoms with van der Waals surface area (Å²) in [6.45, 7) is 9.30. The molecule has 0 unspecified atom stereocenters. The van der Waals surface area contributed by atoms with E-state index in [0.29, 0.717) is 19.6 Å². The van der Waals surface area contributed by atoms with Gasteiger partial charge in [-0.3, -0.25) is 4.90 Å². The van der Waals surface area contributed by atoms with Crippen molar-refractivity contribution in [2.75, 3.05) is 39.5 Å². The molecule has 0 amide bonds. The maximum atomic E-state index is 11.4. The van der Waals surface area contributed by atoms with Crippen molar-refractivity contribution in [3.63, 3.8) is 0 Å². The highest BCUT2D eigenvalue weighted by Gasteiger charge is 2.24. The molecule has 0 spiro atoms. The van der Waals surface area contributed by atoms with Crippen LogP contribution in [-0.4, -0.2) is 66.8 Å². The van der Waals surface area contributed by atoms with Gasteiger partial charge in [0.1, 0.15) is 12.7 Å². The maximum absolute atomic E-state index is 11.4. The lowest BCUT2D eigenvalue weighted by Gasteiger charge is -2.26. The quantitative estimate of drug-likeness (QED) is 0.641. The van der Waals surface area contributed by atoms with Crippen LogP contribution in [-0.2, 0) is 9.47 Å². The number of ether oxygens (including phenoxy) is 2.